The van der Waals surface area contributed by atoms with Gasteiger partial charge in [-0.3, -0.25) is 4.79 Å². The van der Waals surface area contributed by atoms with Crippen LogP contribution in [0.1, 0.15) is 27.7 Å². The summed E-state index contributed by atoms with van der Waals surface area (Å²) >= 11 is 0. The summed E-state index contributed by atoms with van der Waals surface area (Å²) < 4.78 is 4.99. The fourth-order valence-electron chi connectivity index (χ4n) is 1.03. The summed E-state index contributed by atoms with van der Waals surface area (Å²) in [4.78, 5) is 11.2. The molecule has 14 heavy (non-hydrogen) atoms. The molecule has 0 saturated carbocycles. The Morgan fingerprint density at radius 2 is 2.00 bits per heavy atom. The van der Waals surface area contributed by atoms with Crippen LogP contribution in [-0.4, -0.2) is 36.4 Å². The molecule has 4 heteroatoms. The molecular formula is C10H21NO3. The fraction of sp³-hybridized carbons (Fsp3) is 0.900. The maximum atomic E-state index is 11.2. The van der Waals surface area contributed by atoms with Crippen LogP contribution in [0.5, 0.6) is 0 Å². The van der Waals surface area contributed by atoms with Crippen LogP contribution in [0.15, 0.2) is 0 Å². The molecule has 1 heterocycles. The molecule has 0 aromatic carbocycles. The Labute approximate surface area is 85.6 Å². The standard InChI is InChI=1S/C8H15NO3.C2H6/c1-5(2)8(11)9-6-3-12-4-7(6)10;1-2/h5-7,10H,3-4H2,1-2H3,(H,9,11);1-2H3. The summed E-state index contributed by atoms with van der Waals surface area (Å²) in [5.74, 6) is -0.0812. The molecular weight excluding hydrogens is 182 g/mol. The summed E-state index contributed by atoms with van der Waals surface area (Å²) in [6.45, 7) is 8.37. The highest BCUT2D eigenvalue weighted by Crippen LogP contribution is 2.05. The normalized spacial score (nSPS) is 25.6. The van der Waals surface area contributed by atoms with Gasteiger partial charge >= 0.3 is 0 Å². The van der Waals surface area contributed by atoms with Crippen LogP contribution in [0.3, 0.4) is 0 Å². The van der Waals surface area contributed by atoms with Crippen molar-refractivity contribution in [2.24, 2.45) is 5.92 Å². The maximum absolute atomic E-state index is 11.2. The van der Waals surface area contributed by atoms with Gasteiger partial charge < -0.3 is 15.2 Å². The molecule has 1 rings (SSSR count). The van der Waals surface area contributed by atoms with Gasteiger partial charge in [-0.25, -0.2) is 0 Å². The minimum absolute atomic E-state index is 0.0375. The van der Waals surface area contributed by atoms with Gasteiger partial charge in [0.15, 0.2) is 0 Å². The van der Waals surface area contributed by atoms with Gasteiger partial charge in [0, 0.05) is 5.92 Å². The number of hydrogen-bond acceptors (Lipinski definition) is 3. The van der Waals surface area contributed by atoms with Crippen LogP contribution in [-0.2, 0) is 9.53 Å². The van der Waals surface area contributed by atoms with Crippen molar-refractivity contribution in [3.05, 3.63) is 0 Å². The Morgan fingerprint density at radius 1 is 1.43 bits per heavy atom. The predicted octanol–water partition coefficient (Wildman–Crippen LogP) is 0.544. The van der Waals surface area contributed by atoms with E-state index in [2.05, 4.69) is 5.32 Å². The van der Waals surface area contributed by atoms with Crippen LogP contribution >= 0.6 is 0 Å². The van der Waals surface area contributed by atoms with E-state index in [-0.39, 0.29) is 17.9 Å². The number of aliphatic hydroxyl groups excluding tert-OH is 1. The van der Waals surface area contributed by atoms with Crippen molar-refractivity contribution >= 4 is 5.91 Å². The van der Waals surface area contributed by atoms with E-state index in [1.165, 1.54) is 0 Å². The van der Waals surface area contributed by atoms with Gasteiger partial charge in [-0.1, -0.05) is 27.7 Å². The van der Waals surface area contributed by atoms with E-state index < -0.39 is 6.10 Å². The van der Waals surface area contributed by atoms with Crippen molar-refractivity contribution in [1.82, 2.24) is 5.32 Å². The van der Waals surface area contributed by atoms with Crippen LogP contribution in [0.4, 0.5) is 0 Å². The summed E-state index contributed by atoms with van der Waals surface area (Å²) in [5, 5.41) is 12.0. The molecule has 0 radical (unpaired) electrons. The minimum Gasteiger partial charge on any atom is -0.388 e. The molecule has 1 aliphatic rings. The molecule has 1 aliphatic heterocycles. The van der Waals surface area contributed by atoms with E-state index in [1.807, 2.05) is 27.7 Å². The molecule has 4 nitrogen and oxygen atoms in total. The molecule has 0 spiro atoms. The second kappa shape index (κ2) is 6.79. The molecule has 1 fully saturated rings. The van der Waals surface area contributed by atoms with E-state index in [9.17, 15) is 9.90 Å². The van der Waals surface area contributed by atoms with Crippen molar-refractivity contribution in [2.75, 3.05) is 13.2 Å². The molecule has 2 unspecified atom stereocenters. The number of carbonyl (C=O) groups is 1. The van der Waals surface area contributed by atoms with E-state index >= 15 is 0 Å². The summed E-state index contributed by atoms with van der Waals surface area (Å²) in [7, 11) is 0. The first-order valence-electron chi connectivity index (χ1n) is 5.17. The zero-order chi connectivity index (χ0) is 11.1. The van der Waals surface area contributed by atoms with Gasteiger partial charge in [-0.05, 0) is 0 Å². The number of ether oxygens (including phenoxy) is 1. The number of amides is 1. The number of carbonyl (C=O) groups excluding carboxylic acids is 1. The van der Waals surface area contributed by atoms with Crippen molar-refractivity contribution in [3.8, 4) is 0 Å². The average Bonchev–Trinajstić information content (AvgIpc) is 2.55. The Kier molecular flexibility index (Phi) is 6.49. The number of hydrogen-bond donors (Lipinski definition) is 2. The van der Waals surface area contributed by atoms with Gasteiger partial charge in [0.05, 0.1) is 25.4 Å². The Hall–Kier alpha value is -0.610. The lowest BCUT2D eigenvalue weighted by Gasteiger charge is -2.15. The summed E-state index contributed by atoms with van der Waals surface area (Å²) in [5.41, 5.74) is 0. The van der Waals surface area contributed by atoms with Crippen molar-refractivity contribution < 1.29 is 14.6 Å². The Balaban J connectivity index is 0.000000791. The second-order valence-electron chi connectivity index (χ2n) is 3.37. The zero-order valence-corrected chi connectivity index (χ0v) is 9.41. The van der Waals surface area contributed by atoms with E-state index in [1.54, 1.807) is 0 Å². The Morgan fingerprint density at radius 3 is 2.36 bits per heavy atom. The molecule has 2 N–H and O–H groups in total. The van der Waals surface area contributed by atoms with Crippen LogP contribution in [0, 0.1) is 5.92 Å². The monoisotopic (exact) mass is 203 g/mol. The van der Waals surface area contributed by atoms with Gasteiger partial charge in [-0.15, -0.1) is 0 Å². The number of aliphatic hydroxyl groups is 1. The highest BCUT2D eigenvalue weighted by atomic mass is 16.5. The molecule has 2 atom stereocenters. The molecule has 0 aliphatic carbocycles. The van der Waals surface area contributed by atoms with Crippen LogP contribution in [0.2, 0.25) is 0 Å². The Bertz CT molecular complexity index is 171. The third-order valence-electron chi connectivity index (χ3n) is 1.90. The predicted molar refractivity (Wildman–Crippen MR) is 54.9 cm³/mol. The largest absolute Gasteiger partial charge is 0.388 e. The quantitative estimate of drug-likeness (QED) is 0.689. The average molecular weight is 203 g/mol. The van der Waals surface area contributed by atoms with Crippen LogP contribution < -0.4 is 5.32 Å². The molecule has 0 bridgehead atoms. The summed E-state index contributed by atoms with van der Waals surface area (Å²) in [6.07, 6.45) is -0.548. The summed E-state index contributed by atoms with van der Waals surface area (Å²) in [6, 6.07) is -0.222. The van der Waals surface area contributed by atoms with E-state index in [4.69, 9.17) is 4.74 Å². The first-order chi connectivity index (χ1) is 6.61. The molecule has 0 aromatic heterocycles. The first-order valence-corrected chi connectivity index (χ1v) is 5.17. The van der Waals surface area contributed by atoms with Crippen molar-refractivity contribution in [3.63, 3.8) is 0 Å². The number of rotatable bonds is 2. The minimum atomic E-state index is -0.548. The molecule has 1 amide bonds. The van der Waals surface area contributed by atoms with Gasteiger partial charge in [0.1, 0.15) is 0 Å². The van der Waals surface area contributed by atoms with Gasteiger partial charge in [-0.2, -0.15) is 0 Å². The molecule has 1 saturated heterocycles. The third-order valence-corrected chi connectivity index (χ3v) is 1.90. The van der Waals surface area contributed by atoms with Crippen molar-refractivity contribution in [1.29, 1.82) is 0 Å². The maximum Gasteiger partial charge on any atom is 0.222 e. The second-order valence-corrected chi connectivity index (χ2v) is 3.37. The zero-order valence-electron chi connectivity index (χ0n) is 9.41. The van der Waals surface area contributed by atoms with Crippen molar-refractivity contribution in [2.45, 2.75) is 39.8 Å². The lowest BCUT2D eigenvalue weighted by molar-refractivity contribution is -0.125. The van der Waals surface area contributed by atoms with Gasteiger partial charge in [0.2, 0.25) is 5.91 Å². The SMILES string of the molecule is CC.CC(C)C(=O)NC1COCC1O. The topological polar surface area (TPSA) is 58.6 Å². The third kappa shape index (κ3) is 4.07. The highest BCUT2D eigenvalue weighted by Gasteiger charge is 2.27. The molecule has 84 valence electrons. The number of nitrogens with one attached hydrogen (secondary N) is 1. The smallest absolute Gasteiger partial charge is 0.222 e. The highest BCUT2D eigenvalue weighted by molar-refractivity contribution is 5.78. The van der Waals surface area contributed by atoms with E-state index in [0.717, 1.165) is 0 Å². The lowest BCUT2D eigenvalue weighted by Crippen LogP contribution is -2.44. The fourth-order valence-corrected chi connectivity index (χ4v) is 1.03. The van der Waals surface area contributed by atoms with E-state index in [0.29, 0.717) is 13.2 Å². The molecule has 0 aromatic rings. The lowest BCUT2D eigenvalue weighted by atomic mass is 10.1. The van der Waals surface area contributed by atoms with Gasteiger partial charge in [0.25, 0.3) is 0 Å². The first kappa shape index (κ1) is 13.4. The van der Waals surface area contributed by atoms with Crippen LogP contribution in [0.25, 0.3) is 0 Å².